The first kappa shape index (κ1) is 19.8. The third-order valence-corrected chi connectivity index (χ3v) is 5.36. The van der Waals surface area contributed by atoms with Crippen LogP contribution >= 0.6 is 0 Å². The quantitative estimate of drug-likeness (QED) is 0.354. The van der Waals surface area contributed by atoms with Crippen molar-refractivity contribution in [2.45, 2.75) is 26.0 Å². The molecule has 142 valence electrons. The summed E-state index contributed by atoms with van der Waals surface area (Å²) in [5.74, 6) is -2.37. The highest BCUT2D eigenvalue weighted by Crippen LogP contribution is 2.47. The number of aliphatic carboxylic acids is 1. The number of carboxylic acids is 1. The van der Waals surface area contributed by atoms with Crippen molar-refractivity contribution in [1.29, 1.82) is 0 Å². The molecule has 25 heavy (non-hydrogen) atoms. The van der Waals surface area contributed by atoms with Gasteiger partial charge in [-0.15, -0.1) is 0 Å². The number of carboxylic acid groups (broad SMARTS) is 1. The van der Waals surface area contributed by atoms with E-state index in [2.05, 4.69) is 4.72 Å². The average molecular weight is 376 g/mol. The third kappa shape index (κ3) is 3.85. The Hall–Kier alpha value is -1.53. The number of hydrogen-bond acceptors (Lipinski definition) is 6. The fourth-order valence-corrected chi connectivity index (χ4v) is 3.98. The minimum atomic E-state index is -3.78. The standard InChI is InChI=1S/C14H24N4O6S/c1-7-9(6-17(3)5-4-16-25(15,23)24)12(14(21)22)18-11(7)10(8(2)19)13(18)20/h7-8,10-11,16,19H,4-6H2,1-3H3,(H,21,22)(H2,15,23,24)/t7-,8+,10+,11+/m0/s1. The largest absolute Gasteiger partial charge is 0.477 e. The zero-order valence-electron chi connectivity index (χ0n) is 14.3. The number of aliphatic hydroxyl groups is 1. The van der Waals surface area contributed by atoms with Crippen molar-refractivity contribution in [3.05, 3.63) is 11.3 Å². The van der Waals surface area contributed by atoms with Gasteiger partial charge in [0.25, 0.3) is 10.2 Å². The van der Waals surface area contributed by atoms with Gasteiger partial charge < -0.3 is 20.0 Å². The lowest BCUT2D eigenvalue weighted by atomic mass is 9.77. The maximum Gasteiger partial charge on any atom is 0.352 e. The summed E-state index contributed by atoms with van der Waals surface area (Å²) in [5.41, 5.74) is 0.553. The van der Waals surface area contributed by atoms with Crippen molar-refractivity contribution < 1.29 is 28.2 Å². The number of nitrogens with one attached hydrogen (secondary N) is 1. The number of nitrogens with zero attached hydrogens (tertiary/aromatic N) is 2. The van der Waals surface area contributed by atoms with Gasteiger partial charge in [0.1, 0.15) is 5.70 Å². The van der Waals surface area contributed by atoms with E-state index < -0.39 is 28.2 Å². The fourth-order valence-electron chi connectivity index (χ4n) is 3.60. The molecule has 0 saturated carbocycles. The van der Waals surface area contributed by atoms with Gasteiger partial charge in [-0.1, -0.05) is 6.92 Å². The van der Waals surface area contributed by atoms with Gasteiger partial charge in [0.15, 0.2) is 0 Å². The first-order chi connectivity index (χ1) is 11.5. The van der Waals surface area contributed by atoms with Crippen molar-refractivity contribution in [2.24, 2.45) is 17.0 Å². The number of likely N-dealkylation sites (N-methyl/N-ethyl adjacent to an activating group) is 1. The molecule has 5 N–H and O–H groups in total. The van der Waals surface area contributed by atoms with E-state index in [0.29, 0.717) is 12.1 Å². The third-order valence-electron chi connectivity index (χ3n) is 4.75. The molecule has 10 nitrogen and oxygen atoms in total. The summed E-state index contributed by atoms with van der Waals surface area (Å²) in [6.07, 6.45) is -0.845. The highest BCUT2D eigenvalue weighted by Gasteiger charge is 2.59. The molecular weight excluding hydrogens is 352 g/mol. The minimum Gasteiger partial charge on any atom is -0.477 e. The topological polar surface area (TPSA) is 153 Å². The Balaban J connectivity index is 2.13. The molecule has 0 aromatic rings. The van der Waals surface area contributed by atoms with Gasteiger partial charge in [0, 0.05) is 25.6 Å². The average Bonchev–Trinajstić information content (AvgIpc) is 2.67. The predicted octanol–water partition coefficient (Wildman–Crippen LogP) is -2.09. The first-order valence-electron chi connectivity index (χ1n) is 7.89. The second-order valence-corrected chi connectivity index (χ2v) is 7.99. The van der Waals surface area contributed by atoms with Crippen molar-refractivity contribution in [3.63, 3.8) is 0 Å². The van der Waals surface area contributed by atoms with Gasteiger partial charge >= 0.3 is 5.97 Å². The van der Waals surface area contributed by atoms with Crippen LogP contribution in [0.4, 0.5) is 0 Å². The van der Waals surface area contributed by atoms with Crippen LogP contribution in [0.15, 0.2) is 11.3 Å². The van der Waals surface area contributed by atoms with Crippen LogP contribution < -0.4 is 9.86 Å². The highest BCUT2D eigenvalue weighted by atomic mass is 32.2. The van der Waals surface area contributed by atoms with Gasteiger partial charge in [-0.25, -0.2) is 14.7 Å². The summed E-state index contributed by atoms with van der Waals surface area (Å²) in [6, 6.07) is -0.357. The van der Waals surface area contributed by atoms with Crippen LogP contribution in [0.2, 0.25) is 0 Å². The van der Waals surface area contributed by atoms with Crippen LogP contribution in [-0.4, -0.2) is 79.1 Å². The number of β-lactam (4-membered cyclic amide) rings is 1. The van der Waals surface area contributed by atoms with Crippen molar-refractivity contribution >= 4 is 22.1 Å². The molecule has 0 bridgehead atoms. The first-order valence-corrected chi connectivity index (χ1v) is 9.43. The molecule has 0 radical (unpaired) electrons. The van der Waals surface area contributed by atoms with Crippen LogP contribution in [-0.2, 0) is 19.8 Å². The number of rotatable bonds is 8. The monoisotopic (exact) mass is 376 g/mol. The SMILES string of the molecule is C[C@@H](O)[C@H]1C(=O)N2C(C(=O)O)=C(CN(C)CCNS(N)(=O)=O)[C@H](C)[C@H]12. The Morgan fingerprint density at radius 3 is 2.56 bits per heavy atom. The van der Waals surface area contributed by atoms with Crippen molar-refractivity contribution in [1.82, 2.24) is 14.5 Å². The van der Waals surface area contributed by atoms with Crippen LogP contribution in [0.3, 0.4) is 0 Å². The van der Waals surface area contributed by atoms with Crippen LogP contribution in [0.1, 0.15) is 13.8 Å². The highest BCUT2D eigenvalue weighted by molar-refractivity contribution is 7.87. The molecule has 0 unspecified atom stereocenters. The number of aliphatic hydroxyl groups excluding tert-OH is 1. The maximum atomic E-state index is 12.2. The number of amides is 1. The molecule has 0 aromatic heterocycles. The molecule has 0 aromatic carbocycles. The molecule has 2 aliphatic rings. The van der Waals surface area contributed by atoms with Gasteiger partial charge in [0.2, 0.25) is 5.91 Å². The zero-order chi connectivity index (χ0) is 19.1. The van der Waals surface area contributed by atoms with Crippen molar-refractivity contribution in [3.8, 4) is 0 Å². The van der Waals surface area contributed by atoms with E-state index in [4.69, 9.17) is 5.14 Å². The van der Waals surface area contributed by atoms with Gasteiger partial charge in [-0.3, -0.25) is 4.79 Å². The van der Waals surface area contributed by atoms with Crippen molar-refractivity contribution in [2.75, 3.05) is 26.7 Å². The Bertz CT molecular complexity index is 704. The Morgan fingerprint density at radius 1 is 1.48 bits per heavy atom. The van der Waals surface area contributed by atoms with Gasteiger partial charge in [0.05, 0.1) is 18.1 Å². The van der Waals surface area contributed by atoms with Crippen LogP contribution in [0.25, 0.3) is 0 Å². The molecule has 1 fully saturated rings. The Labute approximate surface area is 146 Å². The van der Waals surface area contributed by atoms with Gasteiger partial charge in [-0.2, -0.15) is 8.42 Å². The summed E-state index contributed by atoms with van der Waals surface area (Å²) in [5, 5.41) is 24.2. The summed E-state index contributed by atoms with van der Waals surface area (Å²) >= 11 is 0. The summed E-state index contributed by atoms with van der Waals surface area (Å²) in [4.78, 5) is 26.9. The summed E-state index contributed by atoms with van der Waals surface area (Å²) in [7, 11) is -2.06. The summed E-state index contributed by atoms with van der Waals surface area (Å²) < 4.78 is 23.9. The minimum absolute atomic E-state index is 0.0364. The molecule has 4 atom stereocenters. The van der Waals surface area contributed by atoms with E-state index in [0.717, 1.165) is 0 Å². The van der Waals surface area contributed by atoms with E-state index in [1.807, 2.05) is 6.92 Å². The molecule has 11 heteroatoms. The van der Waals surface area contributed by atoms with E-state index in [1.54, 1.807) is 11.9 Å². The zero-order valence-corrected chi connectivity index (χ0v) is 15.2. The molecule has 1 amide bonds. The Morgan fingerprint density at radius 2 is 2.08 bits per heavy atom. The molecular formula is C14H24N4O6S. The molecule has 2 aliphatic heterocycles. The number of fused-ring (bicyclic) bond motifs is 1. The fraction of sp³-hybridized carbons (Fsp3) is 0.714. The van der Waals surface area contributed by atoms with E-state index in [-0.39, 0.29) is 36.7 Å². The normalized spacial score (nSPS) is 27.5. The number of carbonyl (C=O) groups excluding carboxylic acids is 1. The van der Waals surface area contributed by atoms with Crippen LogP contribution in [0, 0.1) is 11.8 Å². The number of nitrogens with two attached hydrogens (primary N) is 1. The van der Waals surface area contributed by atoms with Crippen LogP contribution in [0.5, 0.6) is 0 Å². The second kappa shape index (κ2) is 7.00. The molecule has 2 rings (SSSR count). The smallest absolute Gasteiger partial charge is 0.352 e. The lowest BCUT2D eigenvalue weighted by Gasteiger charge is -2.46. The lowest BCUT2D eigenvalue weighted by molar-refractivity contribution is -0.163. The maximum absolute atomic E-state index is 12.2. The van der Waals surface area contributed by atoms with E-state index >= 15 is 0 Å². The summed E-state index contributed by atoms with van der Waals surface area (Å²) in [6.45, 7) is 4.03. The Kier molecular flexibility index (Phi) is 5.54. The lowest BCUT2D eigenvalue weighted by Crippen LogP contribution is -2.63. The number of carbonyl (C=O) groups is 2. The van der Waals surface area contributed by atoms with E-state index in [9.17, 15) is 28.2 Å². The molecule has 1 saturated heterocycles. The molecule has 2 heterocycles. The second-order valence-electron chi connectivity index (χ2n) is 6.61. The molecule has 0 spiro atoms. The van der Waals surface area contributed by atoms with Gasteiger partial charge in [-0.05, 0) is 19.5 Å². The molecule has 0 aliphatic carbocycles. The van der Waals surface area contributed by atoms with E-state index in [1.165, 1.54) is 11.8 Å². The number of hydrogen-bond donors (Lipinski definition) is 4. The predicted molar refractivity (Wildman–Crippen MR) is 88.2 cm³/mol.